The summed E-state index contributed by atoms with van der Waals surface area (Å²) in [4.78, 5) is 8.44. The van der Waals surface area contributed by atoms with Gasteiger partial charge in [-0.25, -0.2) is 9.97 Å². The van der Waals surface area contributed by atoms with Gasteiger partial charge < -0.3 is 14.2 Å². The van der Waals surface area contributed by atoms with E-state index in [0.29, 0.717) is 28.6 Å². The van der Waals surface area contributed by atoms with Crippen LogP contribution >= 0.6 is 0 Å². The van der Waals surface area contributed by atoms with Gasteiger partial charge in [-0.3, -0.25) is 0 Å². The quantitative estimate of drug-likeness (QED) is 0.358. The zero-order valence-electron chi connectivity index (χ0n) is 22.5. The average Bonchev–Trinajstić information content (AvgIpc) is 3.04. The van der Waals surface area contributed by atoms with Crippen molar-refractivity contribution >= 4 is 22.5 Å². The summed E-state index contributed by atoms with van der Waals surface area (Å²) in [6.45, 7) is 26.7. The first kappa shape index (κ1) is 27.5. The lowest BCUT2D eigenvalue weighted by molar-refractivity contribution is 0.0971. The second kappa shape index (κ2) is 10.7. The van der Waals surface area contributed by atoms with E-state index >= 15 is 0 Å². The summed E-state index contributed by atoms with van der Waals surface area (Å²) in [7, 11) is -3.77. The van der Waals surface area contributed by atoms with E-state index in [1.54, 1.807) is 12.5 Å². The fourth-order valence-electron chi connectivity index (χ4n) is 5.31. The molecule has 32 heavy (non-hydrogen) atoms. The molecule has 1 heterocycles. The van der Waals surface area contributed by atoms with Crippen molar-refractivity contribution in [3.63, 3.8) is 0 Å². The zero-order chi connectivity index (χ0) is 24.3. The van der Waals surface area contributed by atoms with E-state index in [0.717, 1.165) is 25.3 Å². The van der Waals surface area contributed by atoms with Crippen molar-refractivity contribution in [1.82, 2.24) is 9.97 Å². The average molecular weight is 480 g/mol. The largest absolute Gasteiger partial charge is 0.416 e. The molecule has 1 aromatic rings. The van der Waals surface area contributed by atoms with Crippen molar-refractivity contribution in [2.45, 2.75) is 122 Å². The van der Waals surface area contributed by atoms with Crippen molar-refractivity contribution in [3.05, 3.63) is 18.6 Å². The summed E-state index contributed by atoms with van der Waals surface area (Å²) in [6, 6.07) is 2.30. The van der Waals surface area contributed by atoms with Crippen LogP contribution in [0.4, 0.5) is 5.82 Å². The first-order valence-electron chi connectivity index (χ1n) is 12.5. The Morgan fingerprint density at radius 1 is 1.03 bits per heavy atom. The molecule has 0 unspecified atom stereocenters. The Balaban J connectivity index is 2.25. The van der Waals surface area contributed by atoms with Gasteiger partial charge in [0.05, 0.1) is 6.10 Å². The minimum Gasteiger partial charge on any atom is -0.416 e. The van der Waals surface area contributed by atoms with Gasteiger partial charge in [0.15, 0.2) is 8.32 Å². The van der Waals surface area contributed by atoms with Crippen LogP contribution in [0.15, 0.2) is 18.6 Å². The van der Waals surface area contributed by atoms with E-state index in [1.807, 2.05) is 6.07 Å². The summed E-state index contributed by atoms with van der Waals surface area (Å²) < 4.78 is 14.0. The van der Waals surface area contributed by atoms with Crippen molar-refractivity contribution in [3.8, 4) is 0 Å². The molecule has 0 radical (unpaired) electrons. The summed E-state index contributed by atoms with van der Waals surface area (Å²) in [6.07, 6.45) is 5.71. The fourth-order valence-corrected chi connectivity index (χ4v) is 12.0. The molecule has 1 aromatic heterocycles. The van der Waals surface area contributed by atoms with E-state index in [-0.39, 0.29) is 11.1 Å². The Kier molecular flexibility index (Phi) is 9.15. The second-order valence-corrected chi connectivity index (χ2v) is 22.4. The molecule has 5 nitrogen and oxygen atoms in total. The summed E-state index contributed by atoms with van der Waals surface area (Å²) in [5.41, 5.74) is 1.75. The monoisotopic (exact) mass is 479 g/mol. The zero-order valence-corrected chi connectivity index (χ0v) is 24.5. The Labute approximate surface area is 199 Å². The van der Waals surface area contributed by atoms with Gasteiger partial charge in [0, 0.05) is 24.8 Å². The first-order valence-corrected chi connectivity index (χ1v) is 17.6. The molecule has 0 amide bonds. The molecular weight excluding hydrogens is 430 g/mol. The van der Waals surface area contributed by atoms with Crippen LogP contribution < -0.4 is 5.32 Å². The van der Waals surface area contributed by atoms with Gasteiger partial charge >= 0.3 is 0 Å². The van der Waals surface area contributed by atoms with Gasteiger partial charge in [0.2, 0.25) is 8.32 Å². The van der Waals surface area contributed by atoms with Crippen LogP contribution in [0.5, 0.6) is 0 Å². The summed E-state index contributed by atoms with van der Waals surface area (Å²) in [5.74, 6) is 1.31. The van der Waals surface area contributed by atoms with E-state index in [9.17, 15) is 0 Å². The molecule has 0 bridgehead atoms. The Hall–Kier alpha value is -0.766. The van der Waals surface area contributed by atoms with Crippen molar-refractivity contribution in [1.29, 1.82) is 0 Å². The second-order valence-electron chi connectivity index (χ2n) is 12.2. The van der Waals surface area contributed by atoms with Gasteiger partial charge in [-0.15, -0.1) is 0 Å². The van der Waals surface area contributed by atoms with E-state index in [1.165, 1.54) is 0 Å². The molecular formula is C25H49N3O2Si2. The number of nitrogens with zero attached hydrogens (tertiary/aromatic N) is 2. The van der Waals surface area contributed by atoms with E-state index in [2.05, 4.69) is 90.7 Å². The lowest BCUT2D eigenvalue weighted by atomic mass is 10.1. The summed E-state index contributed by atoms with van der Waals surface area (Å²) in [5, 5.41) is 3.86. The molecule has 0 aliphatic heterocycles. The normalized spacial score (nSPS) is 22.9. The third-order valence-corrected chi connectivity index (χ3v) is 18.7. The molecule has 7 heteroatoms. The van der Waals surface area contributed by atoms with Crippen molar-refractivity contribution in [2.24, 2.45) is 5.92 Å². The number of hydrogen-bond donors (Lipinski definition) is 1. The van der Waals surface area contributed by atoms with Crippen LogP contribution in [-0.4, -0.2) is 45.4 Å². The van der Waals surface area contributed by atoms with Crippen LogP contribution in [0, 0.1) is 5.92 Å². The SMILES string of the molecule is CC(C)[Si](O[C@H]1C[C@H](Nc2ccncn2)C[C@@H]1CO[Si](C)(C)C(C)(C)C)(C(C)C)C(C)C. The minimum atomic E-state index is -1.97. The molecule has 1 aliphatic rings. The smallest absolute Gasteiger partial charge is 0.200 e. The first-order chi connectivity index (χ1) is 14.7. The molecule has 184 valence electrons. The van der Waals surface area contributed by atoms with Gasteiger partial charge in [0.1, 0.15) is 12.1 Å². The molecule has 1 saturated carbocycles. The highest BCUT2D eigenvalue weighted by atomic mass is 28.4. The Morgan fingerprint density at radius 3 is 2.09 bits per heavy atom. The molecule has 0 spiro atoms. The van der Waals surface area contributed by atoms with Crippen LogP contribution in [0.3, 0.4) is 0 Å². The summed E-state index contributed by atoms with van der Waals surface area (Å²) >= 11 is 0. The van der Waals surface area contributed by atoms with E-state index < -0.39 is 16.6 Å². The maximum absolute atomic E-state index is 7.32. The van der Waals surface area contributed by atoms with Crippen LogP contribution in [0.2, 0.25) is 34.8 Å². The minimum absolute atomic E-state index is 0.215. The number of rotatable bonds is 10. The van der Waals surface area contributed by atoms with Gasteiger partial charge in [-0.05, 0) is 53.7 Å². The molecule has 1 N–H and O–H groups in total. The third-order valence-electron chi connectivity index (χ3n) is 8.09. The Morgan fingerprint density at radius 2 is 1.62 bits per heavy atom. The van der Waals surface area contributed by atoms with Crippen LogP contribution in [-0.2, 0) is 8.85 Å². The van der Waals surface area contributed by atoms with Gasteiger partial charge in [0.25, 0.3) is 0 Å². The number of nitrogens with one attached hydrogen (secondary N) is 1. The third kappa shape index (κ3) is 6.21. The molecule has 2 rings (SSSR count). The maximum Gasteiger partial charge on any atom is 0.200 e. The number of aromatic nitrogens is 2. The lowest BCUT2D eigenvalue weighted by Crippen LogP contribution is -2.51. The van der Waals surface area contributed by atoms with Crippen LogP contribution in [0.25, 0.3) is 0 Å². The molecule has 3 atom stereocenters. The van der Waals surface area contributed by atoms with Crippen molar-refractivity contribution < 1.29 is 8.85 Å². The standard InChI is InChI=1S/C25H49N3O2Si2/c1-18(2)32(19(3)4,20(5)6)30-23-15-22(28-24-12-13-26-17-27-24)14-21(23)16-29-31(10,11)25(7,8)9/h12-13,17-23H,14-16H2,1-11H3,(H,26,27,28)/t21-,22-,23+/m1/s1. The highest BCUT2D eigenvalue weighted by Gasteiger charge is 2.50. The highest BCUT2D eigenvalue weighted by molar-refractivity contribution is 6.77. The fraction of sp³-hybridized carbons (Fsp3) is 0.840. The van der Waals surface area contributed by atoms with Gasteiger partial charge in [-0.2, -0.15) is 0 Å². The lowest BCUT2D eigenvalue weighted by Gasteiger charge is -2.45. The molecule has 1 aliphatic carbocycles. The molecule has 0 saturated heterocycles. The topological polar surface area (TPSA) is 56.3 Å². The predicted octanol–water partition coefficient (Wildman–Crippen LogP) is 7.25. The number of anilines is 1. The van der Waals surface area contributed by atoms with Gasteiger partial charge in [-0.1, -0.05) is 62.3 Å². The van der Waals surface area contributed by atoms with Crippen molar-refractivity contribution in [2.75, 3.05) is 11.9 Å². The molecule has 0 aromatic carbocycles. The van der Waals surface area contributed by atoms with E-state index in [4.69, 9.17) is 8.85 Å². The Bertz CT molecular complexity index is 683. The maximum atomic E-state index is 7.32. The molecule has 1 fully saturated rings. The van der Waals surface area contributed by atoms with Crippen LogP contribution in [0.1, 0.15) is 75.2 Å². The predicted molar refractivity (Wildman–Crippen MR) is 141 cm³/mol. The number of hydrogen-bond acceptors (Lipinski definition) is 5. The highest BCUT2D eigenvalue weighted by Crippen LogP contribution is 2.46.